The molecule has 1 atom stereocenters. The molecular weight excluding hydrogens is 210 g/mol. The van der Waals surface area contributed by atoms with Crippen LogP contribution in [0.5, 0.6) is 0 Å². The van der Waals surface area contributed by atoms with Crippen LogP contribution in [0.15, 0.2) is 18.2 Å². The second kappa shape index (κ2) is 5.92. The van der Waals surface area contributed by atoms with Gasteiger partial charge in [-0.15, -0.1) is 0 Å². The molecule has 0 aliphatic carbocycles. The summed E-state index contributed by atoms with van der Waals surface area (Å²) in [5, 5.41) is 0. The number of hydrogen-bond acceptors (Lipinski definition) is 0. The first-order valence-corrected chi connectivity index (χ1v) is 5.54. The molecule has 0 amide bonds. The predicted molar refractivity (Wildman–Crippen MR) is 59.5 cm³/mol. The Morgan fingerprint density at radius 3 is 2.06 bits per heavy atom. The Labute approximate surface area is 95.5 Å². The predicted octanol–water partition coefficient (Wildman–Crippen LogP) is -0.876. The SMILES string of the molecule is C[NH+](C)CC[NH+](C)Cc1c(F)cccc1F. The van der Waals surface area contributed by atoms with Crippen molar-refractivity contribution in [1.29, 1.82) is 0 Å². The van der Waals surface area contributed by atoms with Crippen LogP contribution in [0, 0.1) is 11.6 Å². The lowest BCUT2D eigenvalue weighted by Crippen LogP contribution is -3.15. The highest BCUT2D eigenvalue weighted by molar-refractivity contribution is 5.18. The molecule has 16 heavy (non-hydrogen) atoms. The molecule has 0 spiro atoms. The molecule has 0 aliphatic rings. The third-order valence-electron chi connectivity index (χ3n) is 2.59. The van der Waals surface area contributed by atoms with Gasteiger partial charge in [0.15, 0.2) is 0 Å². The molecule has 2 N–H and O–H groups in total. The van der Waals surface area contributed by atoms with E-state index >= 15 is 0 Å². The second-order valence-electron chi connectivity index (χ2n) is 4.54. The van der Waals surface area contributed by atoms with Gasteiger partial charge in [0.1, 0.15) is 31.3 Å². The first-order valence-electron chi connectivity index (χ1n) is 5.54. The number of rotatable bonds is 5. The zero-order chi connectivity index (χ0) is 12.1. The zero-order valence-electron chi connectivity index (χ0n) is 10.1. The highest BCUT2D eigenvalue weighted by atomic mass is 19.1. The summed E-state index contributed by atoms with van der Waals surface area (Å²) in [6, 6.07) is 4.01. The van der Waals surface area contributed by atoms with Crippen LogP contribution in [0.25, 0.3) is 0 Å². The van der Waals surface area contributed by atoms with Crippen LogP contribution in [-0.4, -0.2) is 34.2 Å². The largest absolute Gasteiger partial charge is 0.335 e. The Bertz CT molecular complexity index is 320. The number of benzene rings is 1. The minimum absolute atomic E-state index is 0.189. The molecule has 1 aromatic carbocycles. The minimum atomic E-state index is -0.448. The van der Waals surface area contributed by atoms with Crippen molar-refractivity contribution < 1.29 is 18.6 Å². The fraction of sp³-hybridized carbons (Fsp3) is 0.500. The fourth-order valence-corrected chi connectivity index (χ4v) is 1.55. The monoisotopic (exact) mass is 230 g/mol. The summed E-state index contributed by atoms with van der Waals surface area (Å²) in [4.78, 5) is 2.46. The van der Waals surface area contributed by atoms with Crippen molar-refractivity contribution >= 4 is 0 Å². The van der Waals surface area contributed by atoms with Gasteiger partial charge in [-0.3, -0.25) is 0 Å². The van der Waals surface area contributed by atoms with Gasteiger partial charge in [0.25, 0.3) is 0 Å². The molecule has 0 saturated heterocycles. The summed E-state index contributed by atoms with van der Waals surface area (Å²) in [7, 11) is 6.09. The van der Waals surface area contributed by atoms with Gasteiger partial charge >= 0.3 is 0 Å². The summed E-state index contributed by atoms with van der Waals surface area (Å²) in [6.45, 7) is 2.28. The molecule has 90 valence electrons. The lowest BCUT2D eigenvalue weighted by molar-refractivity contribution is -0.938. The van der Waals surface area contributed by atoms with E-state index in [9.17, 15) is 8.78 Å². The van der Waals surface area contributed by atoms with E-state index in [0.717, 1.165) is 18.0 Å². The maximum atomic E-state index is 13.4. The Balaban J connectivity index is 2.59. The number of hydrogen-bond donors (Lipinski definition) is 2. The molecule has 1 unspecified atom stereocenters. The van der Waals surface area contributed by atoms with Crippen LogP contribution >= 0.6 is 0 Å². The van der Waals surface area contributed by atoms with Gasteiger partial charge in [-0.25, -0.2) is 8.78 Å². The number of likely N-dealkylation sites (N-methyl/N-ethyl adjacent to an activating group) is 2. The quantitative estimate of drug-likeness (QED) is 0.650. The topological polar surface area (TPSA) is 8.88 Å². The van der Waals surface area contributed by atoms with Crippen LogP contribution in [0.4, 0.5) is 8.78 Å². The summed E-state index contributed by atoms with van der Waals surface area (Å²) in [5.74, 6) is -0.895. The van der Waals surface area contributed by atoms with Crippen molar-refractivity contribution in [3.8, 4) is 0 Å². The van der Waals surface area contributed by atoms with E-state index in [0.29, 0.717) is 6.54 Å². The molecule has 0 aromatic heterocycles. The Morgan fingerprint density at radius 1 is 1.00 bits per heavy atom. The van der Waals surface area contributed by atoms with Gasteiger partial charge < -0.3 is 9.80 Å². The molecule has 0 radical (unpaired) electrons. The molecule has 0 saturated carbocycles. The lowest BCUT2D eigenvalue weighted by Gasteiger charge is -2.16. The van der Waals surface area contributed by atoms with E-state index in [4.69, 9.17) is 0 Å². The van der Waals surface area contributed by atoms with Gasteiger partial charge in [0.2, 0.25) is 0 Å². The number of quaternary nitrogens is 2. The van der Waals surface area contributed by atoms with Crippen LogP contribution in [-0.2, 0) is 6.54 Å². The molecule has 1 aromatic rings. The molecule has 1 rings (SSSR count). The maximum absolute atomic E-state index is 13.4. The highest BCUT2D eigenvalue weighted by Crippen LogP contribution is 2.10. The van der Waals surface area contributed by atoms with Gasteiger partial charge in [0.05, 0.1) is 26.7 Å². The van der Waals surface area contributed by atoms with Crippen molar-refractivity contribution in [2.45, 2.75) is 6.54 Å². The van der Waals surface area contributed by atoms with E-state index in [-0.39, 0.29) is 5.56 Å². The van der Waals surface area contributed by atoms with Crippen molar-refractivity contribution in [1.82, 2.24) is 0 Å². The van der Waals surface area contributed by atoms with E-state index in [2.05, 4.69) is 14.1 Å². The van der Waals surface area contributed by atoms with Crippen LogP contribution < -0.4 is 9.80 Å². The fourth-order valence-electron chi connectivity index (χ4n) is 1.55. The Kier molecular flexibility index (Phi) is 4.83. The standard InChI is InChI=1S/C12H18F2N2/c1-15(2)7-8-16(3)9-10-11(13)5-4-6-12(10)14/h4-6H,7-9H2,1-3H3/p+2. The molecular formula is C12H20F2N2+2. The summed E-state index contributed by atoms with van der Waals surface area (Å²) >= 11 is 0. The summed E-state index contributed by atoms with van der Waals surface area (Å²) in [5.41, 5.74) is 0.189. The third kappa shape index (κ3) is 3.87. The first-order chi connectivity index (χ1) is 7.50. The van der Waals surface area contributed by atoms with Crippen LogP contribution in [0.2, 0.25) is 0 Å². The Hall–Kier alpha value is -1.00. The van der Waals surface area contributed by atoms with Gasteiger partial charge in [0, 0.05) is 0 Å². The van der Waals surface area contributed by atoms with Crippen molar-refractivity contribution in [2.75, 3.05) is 34.2 Å². The van der Waals surface area contributed by atoms with E-state index < -0.39 is 11.6 Å². The summed E-state index contributed by atoms with van der Waals surface area (Å²) in [6.07, 6.45) is 0. The lowest BCUT2D eigenvalue weighted by atomic mass is 10.2. The van der Waals surface area contributed by atoms with Crippen LogP contribution in [0.3, 0.4) is 0 Å². The Morgan fingerprint density at radius 2 is 1.56 bits per heavy atom. The van der Waals surface area contributed by atoms with Gasteiger partial charge in [-0.05, 0) is 12.1 Å². The van der Waals surface area contributed by atoms with Crippen LogP contribution in [0.1, 0.15) is 5.56 Å². The highest BCUT2D eigenvalue weighted by Gasteiger charge is 2.13. The molecule has 0 fully saturated rings. The number of nitrogens with one attached hydrogen (secondary N) is 2. The van der Waals surface area contributed by atoms with E-state index in [1.165, 1.54) is 23.1 Å². The smallest absolute Gasteiger partial charge is 0.135 e. The first kappa shape index (κ1) is 13.1. The molecule has 0 heterocycles. The third-order valence-corrected chi connectivity index (χ3v) is 2.59. The van der Waals surface area contributed by atoms with Crippen molar-refractivity contribution in [2.24, 2.45) is 0 Å². The van der Waals surface area contributed by atoms with Crippen molar-refractivity contribution in [3.05, 3.63) is 35.4 Å². The van der Waals surface area contributed by atoms with Crippen molar-refractivity contribution in [3.63, 3.8) is 0 Å². The average Bonchev–Trinajstić information content (AvgIpc) is 2.21. The average molecular weight is 230 g/mol. The normalized spacial score (nSPS) is 13.1. The summed E-state index contributed by atoms with van der Waals surface area (Å²) < 4.78 is 26.7. The maximum Gasteiger partial charge on any atom is 0.135 e. The van der Waals surface area contributed by atoms with E-state index in [1.807, 2.05) is 7.05 Å². The molecule has 0 aliphatic heterocycles. The molecule has 4 heteroatoms. The molecule has 0 bridgehead atoms. The molecule has 2 nitrogen and oxygen atoms in total. The van der Waals surface area contributed by atoms with Gasteiger partial charge in [-0.2, -0.15) is 0 Å². The second-order valence-corrected chi connectivity index (χ2v) is 4.54. The number of halogens is 2. The van der Waals surface area contributed by atoms with Gasteiger partial charge in [-0.1, -0.05) is 6.07 Å². The van der Waals surface area contributed by atoms with E-state index in [1.54, 1.807) is 0 Å². The minimum Gasteiger partial charge on any atom is -0.335 e. The zero-order valence-corrected chi connectivity index (χ0v) is 10.1.